The Hall–Kier alpha value is -0.630. The van der Waals surface area contributed by atoms with Crippen molar-refractivity contribution in [2.75, 3.05) is 0 Å². The molecule has 0 heterocycles. The maximum atomic E-state index is 11.3. The van der Waals surface area contributed by atoms with E-state index in [9.17, 15) is 9.90 Å². The van der Waals surface area contributed by atoms with Crippen LogP contribution >= 0.6 is 0 Å². The van der Waals surface area contributed by atoms with Crippen LogP contribution in [0.15, 0.2) is 11.6 Å². The van der Waals surface area contributed by atoms with Crippen molar-refractivity contribution < 1.29 is 9.90 Å². The smallest absolute Gasteiger partial charge is 0.129 e. The topological polar surface area (TPSA) is 37.3 Å². The van der Waals surface area contributed by atoms with Crippen molar-refractivity contribution in [3.63, 3.8) is 0 Å². The van der Waals surface area contributed by atoms with Gasteiger partial charge in [0.05, 0.1) is 6.10 Å². The van der Waals surface area contributed by atoms with E-state index in [1.807, 2.05) is 0 Å². The fourth-order valence-electron chi connectivity index (χ4n) is 8.49. The van der Waals surface area contributed by atoms with E-state index in [2.05, 4.69) is 26.8 Å². The Balaban J connectivity index is 1.50. The lowest BCUT2D eigenvalue weighted by Crippen LogP contribution is -2.50. The van der Waals surface area contributed by atoms with Crippen molar-refractivity contribution in [1.29, 1.82) is 0 Å². The van der Waals surface area contributed by atoms with E-state index in [1.54, 1.807) is 12.5 Å². The molecule has 8 atom stereocenters. The van der Waals surface area contributed by atoms with Gasteiger partial charge in [-0.05, 0) is 105 Å². The van der Waals surface area contributed by atoms with E-state index in [0.717, 1.165) is 55.3 Å². The fraction of sp³-hybridized carbons (Fsp3) is 0.885. The molecule has 1 N–H and O–H groups in total. The van der Waals surface area contributed by atoms with Crippen LogP contribution in [0.25, 0.3) is 0 Å². The van der Waals surface area contributed by atoms with Crippen molar-refractivity contribution >= 4 is 5.78 Å². The monoisotopic (exact) mass is 386 g/mol. The summed E-state index contributed by atoms with van der Waals surface area (Å²) >= 11 is 0. The molecule has 3 saturated carbocycles. The molecular formula is C26H42O2. The molecule has 4 rings (SSSR count). The Labute approximate surface area is 172 Å². The number of rotatable bonds is 5. The van der Waals surface area contributed by atoms with Gasteiger partial charge in [0.25, 0.3) is 0 Å². The molecule has 3 fully saturated rings. The SMILES string of the molecule is CC(=O)CCC[C@H](C)[C@H]1CC[C@H]2[C@H]3CC=C4C[C@@H](O)CC[C@]4(C)[C@@H]3CC[C@]12C. The molecule has 0 aliphatic heterocycles. The quantitative estimate of drug-likeness (QED) is 0.561. The van der Waals surface area contributed by atoms with E-state index in [1.165, 1.54) is 44.9 Å². The number of fused-ring (bicyclic) bond motifs is 5. The number of hydrogen-bond acceptors (Lipinski definition) is 2. The summed E-state index contributed by atoms with van der Waals surface area (Å²) in [5, 5.41) is 10.2. The third-order valence-electron chi connectivity index (χ3n) is 10.0. The summed E-state index contributed by atoms with van der Waals surface area (Å²) in [4.78, 5) is 11.3. The molecule has 0 radical (unpaired) electrons. The van der Waals surface area contributed by atoms with Crippen molar-refractivity contribution in [2.45, 2.75) is 104 Å². The molecule has 4 aliphatic carbocycles. The third-order valence-corrected chi connectivity index (χ3v) is 10.0. The minimum absolute atomic E-state index is 0.101. The first-order chi connectivity index (χ1) is 13.3. The highest BCUT2D eigenvalue weighted by Crippen LogP contribution is 2.67. The van der Waals surface area contributed by atoms with Crippen LogP contribution in [-0.2, 0) is 4.79 Å². The van der Waals surface area contributed by atoms with E-state index in [4.69, 9.17) is 0 Å². The summed E-state index contributed by atoms with van der Waals surface area (Å²) in [6, 6.07) is 0. The van der Waals surface area contributed by atoms with Crippen LogP contribution in [0, 0.1) is 40.4 Å². The number of ketones is 1. The summed E-state index contributed by atoms with van der Waals surface area (Å²) in [5.74, 6) is 4.52. The van der Waals surface area contributed by atoms with Crippen LogP contribution in [0.5, 0.6) is 0 Å². The average Bonchev–Trinajstić information content (AvgIpc) is 2.99. The molecule has 2 heteroatoms. The molecule has 0 amide bonds. The van der Waals surface area contributed by atoms with Gasteiger partial charge in [0.15, 0.2) is 0 Å². The van der Waals surface area contributed by atoms with Crippen molar-refractivity contribution in [2.24, 2.45) is 40.4 Å². The predicted octanol–water partition coefficient (Wildman–Crippen LogP) is 6.32. The van der Waals surface area contributed by atoms with E-state index in [0.29, 0.717) is 16.6 Å². The second kappa shape index (κ2) is 7.56. The molecule has 0 saturated heterocycles. The number of allylic oxidation sites excluding steroid dienone is 1. The first-order valence-electron chi connectivity index (χ1n) is 12.1. The lowest BCUT2D eigenvalue weighted by Gasteiger charge is -2.58. The van der Waals surface area contributed by atoms with Gasteiger partial charge >= 0.3 is 0 Å². The Morgan fingerprint density at radius 1 is 1.18 bits per heavy atom. The van der Waals surface area contributed by atoms with Gasteiger partial charge in [0.1, 0.15) is 5.78 Å². The Morgan fingerprint density at radius 2 is 1.96 bits per heavy atom. The van der Waals surface area contributed by atoms with Crippen molar-refractivity contribution in [3.8, 4) is 0 Å². The Bertz CT molecular complexity index is 636. The van der Waals surface area contributed by atoms with Crippen LogP contribution in [0.3, 0.4) is 0 Å². The van der Waals surface area contributed by atoms with Gasteiger partial charge in [-0.2, -0.15) is 0 Å². The molecule has 0 spiro atoms. The second-order valence-corrected chi connectivity index (χ2v) is 11.5. The van der Waals surface area contributed by atoms with Gasteiger partial charge in [0.2, 0.25) is 0 Å². The van der Waals surface area contributed by atoms with Crippen molar-refractivity contribution in [1.82, 2.24) is 0 Å². The van der Waals surface area contributed by atoms with Crippen LogP contribution in [-0.4, -0.2) is 17.0 Å². The first-order valence-corrected chi connectivity index (χ1v) is 12.1. The number of hydrogen-bond donors (Lipinski definition) is 1. The minimum atomic E-state index is -0.101. The maximum Gasteiger partial charge on any atom is 0.129 e. The van der Waals surface area contributed by atoms with E-state index < -0.39 is 0 Å². The molecule has 0 aromatic heterocycles. The number of carbonyl (C=O) groups excluding carboxylic acids is 1. The summed E-state index contributed by atoms with van der Waals surface area (Å²) < 4.78 is 0. The summed E-state index contributed by atoms with van der Waals surface area (Å²) in [6.07, 6.45) is 15.5. The molecule has 28 heavy (non-hydrogen) atoms. The zero-order chi connectivity index (χ0) is 20.1. The van der Waals surface area contributed by atoms with E-state index >= 15 is 0 Å². The van der Waals surface area contributed by atoms with Gasteiger partial charge in [0, 0.05) is 6.42 Å². The van der Waals surface area contributed by atoms with Gasteiger partial charge in [-0.15, -0.1) is 0 Å². The van der Waals surface area contributed by atoms with Crippen LogP contribution in [0.1, 0.15) is 98.3 Å². The first kappa shape index (κ1) is 20.6. The predicted molar refractivity (Wildman–Crippen MR) is 115 cm³/mol. The number of carbonyl (C=O) groups is 1. The molecule has 0 unspecified atom stereocenters. The number of aliphatic hydroxyl groups excluding tert-OH is 1. The molecule has 0 bridgehead atoms. The lowest BCUT2D eigenvalue weighted by atomic mass is 9.47. The molecule has 4 aliphatic rings. The zero-order valence-electron chi connectivity index (χ0n) is 18.7. The van der Waals surface area contributed by atoms with Crippen molar-refractivity contribution in [3.05, 3.63) is 11.6 Å². The Morgan fingerprint density at radius 3 is 2.71 bits per heavy atom. The molecular weight excluding hydrogens is 344 g/mol. The second-order valence-electron chi connectivity index (χ2n) is 11.5. The molecule has 0 aromatic rings. The van der Waals surface area contributed by atoms with Gasteiger partial charge in [-0.25, -0.2) is 0 Å². The molecule has 0 aromatic carbocycles. The van der Waals surface area contributed by atoms with Crippen LogP contribution in [0.2, 0.25) is 0 Å². The highest BCUT2D eigenvalue weighted by atomic mass is 16.3. The summed E-state index contributed by atoms with van der Waals surface area (Å²) in [6.45, 7) is 9.35. The van der Waals surface area contributed by atoms with Gasteiger partial charge < -0.3 is 9.90 Å². The fourth-order valence-corrected chi connectivity index (χ4v) is 8.49. The summed E-state index contributed by atoms with van der Waals surface area (Å²) in [7, 11) is 0. The number of Topliss-reactive ketones (excluding diaryl/α,β-unsaturated/α-hetero) is 1. The molecule has 2 nitrogen and oxygen atoms in total. The zero-order valence-corrected chi connectivity index (χ0v) is 18.7. The third kappa shape index (κ3) is 3.32. The Kier molecular flexibility index (Phi) is 5.57. The highest BCUT2D eigenvalue weighted by Gasteiger charge is 2.59. The average molecular weight is 387 g/mol. The maximum absolute atomic E-state index is 11.3. The standard InChI is InChI=1S/C26H42O2/c1-17(6-5-7-18(2)27)22-10-11-23-21-9-8-19-16-20(28)12-14-25(19,3)24(21)13-15-26(22,23)4/h8,17,20-24,28H,5-7,9-16H2,1-4H3/t17-,20-,21+,22+,23-,24+,25-,26+/m0/s1. The summed E-state index contributed by atoms with van der Waals surface area (Å²) in [5.41, 5.74) is 2.45. The normalized spacial score (nSPS) is 46.2. The van der Waals surface area contributed by atoms with Crippen LogP contribution in [0.4, 0.5) is 0 Å². The highest BCUT2D eigenvalue weighted by molar-refractivity contribution is 5.75. The molecule has 158 valence electrons. The van der Waals surface area contributed by atoms with E-state index in [-0.39, 0.29) is 6.10 Å². The van der Waals surface area contributed by atoms with Gasteiger partial charge in [-0.3, -0.25) is 0 Å². The van der Waals surface area contributed by atoms with Crippen LogP contribution < -0.4 is 0 Å². The lowest BCUT2D eigenvalue weighted by molar-refractivity contribution is -0.117. The van der Waals surface area contributed by atoms with Gasteiger partial charge in [-0.1, -0.05) is 38.8 Å². The minimum Gasteiger partial charge on any atom is -0.393 e. The number of aliphatic hydroxyl groups is 1. The largest absolute Gasteiger partial charge is 0.393 e.